The van der Waals surface area contributed by atoms with Crippen LogP contribution in [0.15, 0.2) is 43.0 Å². The molecule has 3 N–H and O–H groups in total. The van der Waals surface area contributed by atoms with Crippen LogP contribution < -0.4 is 11.1 Å². The Morgan fingerprint density at radius 1 is 1.25 bits per heavy atom. The first-order chi connectivity index (χ1) is 9.52. The lowest BCUT2D eigenvalue weighted by Crippen LogP contribution is -2.04. The number of nitrogens with one attached hydrogen (secondary N) is 1. The summed E-state index contributed by atoms with van der Waals surface area (Å²) in [5.74, 6) is -1.13. The Morgan fingerprint density at radius 3 is 2.65 bits per heavy atom. The molecule has 20 heavy (non-hydrogen) atoms. The maximum absolute atomic E-state index is 14.0. The first-order valence-electron chi connectivity index (χ1n) is 5.78. The van der Waals surface area contributed by atoms with Crippen molar-refractivity contribution in [1.29, 1.82) is 0 Å². The highest BCUT2D eigenvalue weighted by molar-refractivity contribution is 5.84. The predicted molar refractivity (Wildman–Crippen MR) is 75.3 cm³/mol. The smallest absolute Gasteiger partial charge is 0.153 e. The molecule has 0 saturated heterocycles. The van der Waals surface area contributed by atoms with E-state index in [1.54, 1.807) is 6.07 Å². The molecular weight excluding hydrogens is 262 g/mol. The number of carbonyl (C=O) groups excluding carboxylic acids is 1. The summed E-state index contributed by atoms with van der Waals surface area (Å²) >= 11 is 0. The maximum Gasteiger partial charge on any atom is 0.153 e. The van der Waals surface area contributed by atoms with E-state index in [-0.39, 0.29) is 22.5 Å². The number of nitrogen functional groups attached to an aromatic ring is 1. The van der Waals surface area contributed by atoms with E-state index in [2.05, 4.69) is 11.9 Å². The number of anilines is 2. The fourth-order valence-electron chi connectivity index (χ4n) is 1.75. The standard InChI is InChI=1S/C15H12F2N2O/c1-9(12-4-2-3-10(8-20)15(12)17)19-14-6-5-11(16)7-13(14)18/h2-8,19H,1,18H2. The average Bonchev–Trinajstić information content (AvgIpc) is 2.42. The highest BCUT2D eigenvalue weighted by atomic mass is 19.1. The summed E-state index contributed by atoms with van der Waals surface area (Å²) in [6.07, 6.45) is 0.429. The van der Waals surface area contributed by atoms with Gasteiger partial charge in [0.25, 0.3) is 0 Å². The lowest BCUT2D eigenvalue weighted by molar-refractivity contribution is 0.112. The fraction of sp³-hybridized carbons (Fsp3) is 0. The van der Waals surface area contributed by atoms with E-state index in [0.717, 1.165) is 6.07 Å². The Hall–Kier alpha value is -2.69. The summed E-state index contributed by atoms with van der Waals surface area (Å²) in [6.45, 7) is 3.70. The Kier molecular flexibility index (Phi) is 3.79. The lowest BCUT2D eigenvalue weighted by Gasteiger charge is -2.13. The van der Waals surface area contributed by atoms with Gasteiger partial charge in [0.05, 0.1) is 16.9 Å². The summed E-state index contributed by atoms with van der Waals surface area (Å²) in [5, 5.41) is 2.80. The van der Waals surface area contributed by atoms with Gasteiger partial charge in [-0.25, -0.2) is 8.78 Å². The second-order valence-electron chi connectivity index (χ2n) is 4.16. The van der Waals surface area contributed by atoms with Crippen molar-refractivity contribution in [3.05, 3.63) is 65.7 Å². The molecule has 0 fully saturated rings. The number of hydrogen-bond acceptors (Lipinski definition) is 3. The third-order valence-corrected chi connectivity index (χ3v) is 2.78. The Labute approximate surface area is 114 Å². The summed E-state index contributed by atoms with van der Waals surface area (Å²) in [6, 6.07) is 8.20. The molecule has 2 aromatic rings. The summed E-state index contributed by atoms with van der Waals surface area (Å²) in [5.41, 5.74) is 6.56. The van der Waals surface area contributed by atoms with Crippen LogP contribution in [0, 0.1) is 11.6 Å². The van der Waals surface area contributed by atoms with Crippen LogP contribution in [-0.4, -0.2) is 6.29 Å². The molecule has 2 aromatic carbocycles. The van der Waals surface area contributed by atoms with E-state index >= 15 is 0 Å². The van der Waals surface area contributed by atoms with E-state index in [9.17, 15) is 13.6 Å². The van der Waals surface area contributed by atoms with Crippen LogP contribution in [0.2, 0.25) is 0 Å². The second kappa shape index (κ2) is 5.52. The summed E-state index contributed by atoms with van der Waals surface area (Å²) < 4.78 is 26.9. The Balaban J connectivity index is 2.31. The van der Waals surface area contributed by atoms with E-state index in [4.69, 9.17) is 5.73 Å². The third kappa shape index (κ3) is 2.66. The van der Waals surface area contributed by atoms with Gasteiger partial charge in [0, 0.05) is 11.3 Å². The zero-order chi connectivity index (χ0) is 14.7. The third-order valence-electron chi connectivity index (χ3n) is 2.78. The number of halogens is 2. The molecular formula is C15H12F2N2O. The van der Waals surface area contributed by atoms with Crippen LogP contribution in [0.1, 0.15) is 15.9 Å². The molecule has 0 aliphatic heterocycles. The number of hydrogen-bond donors (Lipinski definition) is 2. The van der Waals surface area contributed by atoms with Gasteiger partial charge in [0.1, 0.15) is 11.6 Å². The summed E-state index contributed by atoms with van der Waals surface area (Å²) in [7, 11) is 0. The topological polar surface area (TPSA) is 55.1 Å². The van der Waals surface area contributed by atoms with Gasteiger partial charge in [-0.15, -0.1) is 0 Å². The normalized spacial score (nSPS) is 10.1. The molecule has 102 valence electrons. The zero-order valence-electron chi connectivity index (χ0n) is 10.5. The molecule has 0 amide bonds. The molecule has 0 aliphatic rings. The van der Waals surface area contributed by atoms with Gasteiger partial charge >= 0.3 is 0 Å². The zero-order valence-corrected chi connectivity index (χ0v) is 10.5. The first kappa shape index (κ1) is 13.7. The summed E-state index contributed by atoms with van der Waals surface area (Å²) in [4.78, 5) is 10.7. The number of rotatable bonds is 4. The van der Waals surface area contributed by atoms with Gasteiger partial charge in [0.15, 0.2) is 6.29 Å². The molecule has 0 atom stereocenters. The number of benzene rings is 2. The van der Waals surface area contributed by atoms with Crippen molar-refractivity contribution in [2.24, 2.45) is 0 Å². The van der Waals surface area contributed by atoms with Crippen molar-refractivity contribution in [2.75, 3.05) is 11.1 Å². The molecule has 0 spiro atoms. The van der Waals surface area contributed by atoms with Crippen LogP contribution in [0.3, 0.4) is 0 Å². The van der Waals surface area contributed by atoms with Crippen LogP contribution in [0.25, 0.3) is 5.70 Å². The molecule has 0 aliphatic carbocycles. The monoisotopic (exact) mass is 274 g/mol. The van der Waals surface area contributed by atoms with Crippen molar-refractivity contribution >= 4 is 23.4 Å². The maximum atomic E-state index is 14.0. The molecule has 5 heteroatoms. The molecule has 0 bridgehead atoms. The predicted octanol–water partition coefficient (Wildman–Crippen LogP) is 3.44. The quantitative estimate of drug-likeness (QED) is 0.663. The molecule has 3 nitrogen and oxygen atoms in total. The van der Waals surface area contributed by atoms with Crippen molar-refractivity contribution in [3.8, 4) is 0 Å². The van der Waals surface area contributed by atoms with E-state index in [0.29, 0.717) is 12.0 Å². The number of carbonyl (C=O) groups is 1. The van der Waals surface area contributed by atoms with E-state index < -0.39 is 11.6 Å². The lowest BCUT2D eigenvalue weighted by atomic mass is 10.1. The molecule has 2 rings (SSSR count). The minimum Gasteiger partial charge on any atom is -0.397 e. The Morgan fingerprint density at radius 2 is 2.00 bits per heavy atom. The minimum atomic E-state index is -0.666. The van der Waals surface area contributed by atoms with Gasteiger partial charge in [-0.05, 0) is 30.3 Å². The van der Waals surface area contributed by atoms with Crippen LogP contribution >= 0.6 is 0 Å². The van der Waals surface area contributed by atoms with Crippen molar-refractivity contribution in [1.82, 2.24) is 0 Å². The van der Waals surface area contributed by atoms with Gasteiger partial charge in [0.2, 0.25) is 0 Å². The van der Waals surface area contributed by atoms with E-state index in [1.165, 1.54) is 24.3 Å². The molecule has 0 aromatic heterocycles. The molecule has 0 radical (unpaired) electrons. The van der Waals surface area contributed by atoms with E-state index in [1.807, 2.05) is 0 Å². The van der Waals surface area contributed by atoms with Crippen molar-refractivity contribution < 1.29 is 13.6 Å². The molecule has 0 heterocycles. The average molecular weight is 274 g/mol. The minimum absolute atomic E-state index is 0.0578. The first-order valence-corrected chi connectivity index (χ1v) is 5.78. The fourth-order valence-corrected chi connectivity index (χ4v) is 1.75. The van der Waals surface area contributed by atoms with Crippen LogP contribution in [-0.2, 0) is 0 Å². The van der Waals surface area contributed by atoms with Gasteiger partial charge in [-0.2, -0.15) is 0 Å². The SMILES string of the molecule is C=C(Nc1ccc(F)cc1N)c1cccc(C=O)c1F. The highest BCUT2D eigenvalue weighted by Crippen LogP contribution is 2.25. The van der Waals surface area contributed by atoms with Crippen molar-refractivity contribution in [3.63, 3.8) is 0 Å². The second-order valence-corrected chi connectivity index (χ2v) is 4.16. The van der Waals surface area contributed by atoms with Crippen LogP contribution in [0.5, 0.6) is 0 Å². The number of aldehydes is 1. The van der Waals surface area contributed by atoms with Gasteiger partial charge in [-0.1, -0.05) is 12.6 Å². The van der Waals surface area contributed by atoms with Gasteiger partial charge in [-0.3, -0.25) is 4.79 Å². The van der Waals surface area contributed by atoms with Crippen molar-refractivity contribution in [2.45, 2.75) is 0 Å². The highest BCUT2D eigenvalue weighted by Gasteiger charge is 2.11. The largest absolute Gasteiger partial charge is 0.397 e. The molecule has 0 saturated carbocycles. The Bertz CT molecular complexity index is 684. The van der Waals surface area contributed by atoms with Crippen LogP contribution in [0.4, 0.5) is 20.2 Å². The van der Waals surface area contributed by atoms with Gasteiger partial charge < -0.3 is 11.1 Å². The number of nitrogens with two attached hydrogens (primary N) is 1. The molecule has 0 unspecified atom stereocenters.